The van der Waals surface area contributed by atoms with Crippen LogP contribution in [0.5, 0.6) is 5.75 Å². The number of nitrogens with one attached hydrogen (secondary N) is 1. The maximum atomic E-state index is 9.37. The summed E-state index contributed by atoms with van der Waals surface area (Å²) in [5, 5.41) is 14.4. The van der Waals surface area contributed by atoms with Gasteiger partial charge in [-0.2, -0.15) is 5.26 Å². The molecule has 0 radical (unpaired) electrons. The van der Waals surface area contributed by atoms with Crippen molar-refractivity contribution in [2.45, 2.75) is 50.4 Å². The number of hydrogen-bond donors (Lipinski definition) is 1. The van der Waals surface area contributed by atoms with E-state index in [1.807, 2.05) is 29.7 Å². The van der Waals surface area contributed by atoms with E-state index in [2.05, 4.69) is 46.7 Å². The minimum Gasteiger partial charge on any atom is -0.495 e. The van der Waals surface area contributed by atoms with Gasteiger partial charge in [0.25, 0.3) is 0 Å². The quantitative estimate of drug-likeness (QED) is 0.429. The lowest BCUT2D eigenvalue weighted by molar-refractivity contribution is 0.338. The Hall–Kier alpha value is -2.84. The van der Waals surface area contributed by atoms with Gasteiger partial charge in [-0.15, -0.1) is 11.3 Å². The predicted molar refractivity (Wildman–Crippen MR) is 130 cm³/mol. The molecule has 0 spiro atoms. The Labute approximate surface area is 194 Å². The lowest BCUT2D eigenvalue weighted by Gasteiger charge is -2.29. The molecule has 3 aromatic rings. The van der Waals surface area contributed by atoms with Gasteiger partial charge in [0.05, 0.1) is 22.6 Å². The molecule has 5 rings (SSSR count). The average Bonchev–Trinajstić information content (AvgIpc) is 3.59. The maximum Gasteiger partial charge on any atom is 0.136 e. The standard InChI is InChI=1S/C27H29N3OS/c1-31-25-12-11-21(13-23(25)15-28)19-7-5-18(6-8-19)16-29-24-4-2-3-22(14-24)26-17-30-27(32-26)20-9-10-20/h2-4,11-14,17-20,29H,5-10,16H2,1H3/t18-,19-. The highest BCUT2D eigenvalue weighted by Crippen LogP contribution is 2.43. The Morgan fingerprint density at radius 1 is 1.06 bits per heavy atom. The van der Waals surface area contributed by atoms with Gasteiger partial charge in [-0.25, -0.2) is 4.98 Å². The summed E-state index contributed by atoms with van der Waals surface area (Å²) in [6, 6.07) is 17.1. The van der Waals surface area contributed by atoms with E-state index in [1.165, 1.54) is 65.2 Å². The molecule has 32 heavy (non-hydrogen) atoms. The van der Waals surface area contributed by atoms with E-state index in [-0.39, 0.29) is 0 Å². The minimum absolute atomic E-state index is 0.541. The van der Waals surface area contributed by atoms with E-state index in [9.17, 15) is 5.26 Å². The molecule has 0 aliphatic heterocycles. The zero-order valence-electron chi connectivity index (χ0n) is 18.5. The van der Waals surface area contributed by atoms with Crippen LogP contribution in [0.4, 0.5) is 5.69 Å². The number of nitrogens with zero attached hydrogens (tertiary/aromatic N) is 2. The van der Waals surface area contributed by atoms with Crippen molar-refractivity contribution >= 4 is 17.0 Å². The first-order chi connectivity index (χ1) is 15.7. The molecule has 1 aromatic heterocycles. The number of methoxy groups -OCH3 is 1. The fraction of sp³-hybridized carbons (Fsp3) is 0.407. The fourth-order valence-electron chi connectivity index (χ4n) is 4.75. The van der Waals surface area contributed by atoms with Crippen molar-refractivity contribution in [2.24, 2.45) is 5.92 Å². The molecule has 2 aromatic carbocycles. The van der Waals surface area contributed by atoms with Crippen LogP contribution in [0.3, 0.4) is 0 Å². The molecule has 5 heteroatoms. The molecular formula is C27H29N3OS. The Morgan fingerprint density at radius 2 is 1.88 bits per heavy atom. The van der Waals surface area contributed by atoms with Crippen molar-refractivity contribution in [3.63, 3.8) is 0 Å². The molecular weight excluding hydrogens is 414 g/mol. The molecule has 2 aliphatic carbocycles. The van der Waals surface area contributed by atoms with Crippen LogP contribution >= 0.6 is 11.3 Å². The molecule has 0 bridgehead atoms. The molecule has 4 nitrogen and oxygen atoms in total. The van der Waals surface area contributed by atoms with Gasteiger partial charge in [0.2, 0.25) is 0 Å². The highest BCUT2D eigenvalue weighted by molar-refractivity contribution is 7.15. The van der Waals surface area contributed by atoms with Crippen molar-refractivity contribution < 1.29 is 4.74 Å². The van der Waals surface area contributed by atoms with Gasteiger partial charge < -0.3 is 10.1 Å². The second-order valence-corrected chi connectivity index (χ2v) is 10.2. The molecule has 2 aliphatic rings. The number of nitriles is 1. The van der Waals surface area contributed by atoms with E-state index in [0.717, 1.165) is 12.5 Å². The predicted octanol–water partition coefficient (Wildman–Crippen LogP) is 6.95. The molecule has 0 atom stereocenters. The fourth-order valence-corrected chi connectivity index (χ4v) is 5.83. The Morgan fingerprint density at radius 3 is 2.62 bits per heavy atom. The first kappa shape index (κ1) is 21.0. The van der Waals surface area contributed by atoms with Gasteiger partial charge in [-0.05, 0) is 85.8 Å². The topological polar surface area (TPSA) is 57.9 Å². The largest absolute Gasteiger partial charge is 0.495 e. The summed E-state index contributed by atoms with van der Waals surface area (Å²) in [6.45, 7) is 1.01. The van der Waals surface area contributed by atoms with Crippen LogP contribution in [0.15, 0.2) is 48.7 Å². The number of rotatable bonds is 7. The summed E-state index contributed by atoms with van der Waals surface area (Å²) in [4.78, 5) is 5.90. The zero-order valence-corrected chi connectivity index (χ0v) is 19.3. The average molecular weight is 444 g/mol. The molecule has 2 fully saturated rings. The van der Waals surface area contributed by atoms with Crippen LogP contribution in [0, 0.1) is 17.2 Å². The zero-order chi connectivity index (χ0) is 21.9. The van der Waals surface area contributed by atoms with Crippen molar-refractivity contribution in [1.82, 2.24) is 4.98 Å². The van der Waals surface area contributed by atoms with Gasteiger partial charge in [0, 0.05) is 24.3 Å². The smallest absolute Gasteiger partial charge is 0.136 e. The Bertz CT molecular complexity index is 1120. The van der Waals surface area contributed by atoms with Crippen LogP contribution in [-0.2, 0) is 0 Å². The van der Waals surface area contributed by atoms with E-state index in [4.69, 9.17) is 4.74 Å². The summed E-state index contributed by atoms with van der Waals surface area (Å²) in [5.74, 6) is 2.61. The Balaban J connectivity index is 1.15. The van der Waals surface area contributed by atoms with E-state index >= 15 is 0 Å². The maximum absolute atomic E-state index is 9.37. The molecule has 1 heterocycles. The van der Waals surface area contributed by atoms with Gasteiger partial charge in [0.1, 0.15) is 11.8 Å². The lowest BCUT2D eigenvalue weighted by atomic mass is 9.78. The molecule has 0 saturated heterocycles. The summed E-state index contributed by atoms with van der Waals surface area (Å²) < 4.78 is 5.29. The number of thiazole rings is 1. The molecule has 1 N–H and O–H groups in total. The van der Waals surface area contributed by atoms with Crippen molar-refractivity contribution in [1.29, 1.82) is 5.26 Å². The molecule has 0 unspecified atom stereocenters. The summed E-state index contributed by atoms with van der Waals surface area (Å²) in [5.41, 5.74) is 4.37. The minimum atomic E-state index is 0.541. The highest BCUT2D eigenvalue weighted by atomic mass is 32.1. The van der Waals surface area contributed by atoms with Crippen LogP contribution < -0.4 is 10.1 Å². The van der Waals surface area contributed by atoms with E-state index in [1.54, 1.807) is 7.11 Å². The van der Waals surface area contributed by atoms with E-state index in [0.29, 0.717) is 23.1 Å². The third kappa shape index (κ3) is 4.66. The van der Waals surface area contributed by atoms with Gasteiger partial charge in [-0.1, -0.05) is 18.2 Å². The van der Waals surface area contributed by atoms with Crippen molar-refractivity contribution in [3.05, 3.63) is 64.8 Å². The third-order valence-corrected chi connectivity index (χ3v) is 8.06. The van der Waals surface area contributed by atoms with Gasteiger partial charge in [0.15, 0.2) is 0 Å². The lowest BCUT2D eigenvalue weighted by Crippen LogP contribution is -2.20. The summed E-state index contributed by atoms with van der Waals surface area (Å²) >= 11 is 1.85. The SMILES string of the molecule is COc1ccc([C@H]2CC[C@H](CNc3cccc(-c4cnc(C5CC5)s4)c3)CC2)cc1C#N. The molecule has 2 saturated carbocycles. The number of benzene rings is 2. The van der Waals surface area contributed by atoms with Gasteiger partial charge >= 0.3 is 0 Å². The van der Waals surface area contributed by atoms with Crippen molar-refractivity contribution in [2.75, 3.05) is 19.0 Å². The van der Waals surface area contributed by atoms with Crippen LogP contribution in [0.25, 0.3) is 10.4 Å². The van der Waals surface area contributed by atoms with E-state index < -0.39 is 0 Å². The number of hydrogen-bond acceptors (Lipinski definition) is 5. The normalized spacial score (nSPS) is 20.5. The van der Waals surface area contributed by atoms with Crippen LogP contribution in [0.1, 0.15) is 66.5 Å². The monoisotopic (exact) mass is 443 g/mol. The second kappa shape index (κ2) is 9.34. The first-order valence-corrected chi connectivity index (χ1v) is 12.4. The number of anilines is 1. The summed E-state index contributed by atoms with van der Waals surface area (Å²) in [6.07, 6.45) is 9.41. The van der Waals surface area contributed by atoms with Crippen LogP contribution in [-0.4, -0.2) is 18.6 Å². The molecule has 164 valence electrons. The highest BCUT2D eigenvalue weighted by Gasteiger charge is 2.27. The molecule has 0 amide bonds. The van der Waals surface area contributed by atoms with Crippen LogP contribution in [0.2, 0.25) is 0 Å². The van der Waals surface area contributed by atoms with Gasteiger partial charge in [-0.3, -0.25) is 0 Å². The number of ether oxygens (including phenoxy) is 1. The Kier molecular flexibility index (Phi) is 6.14. The second-order valence-electron chi connectivity index (χ2n) is 9.09. The van der Waals surface area contributed by atoms with Crippen molar-refractivity contribution in [3.8, 4) is 22.3 Å². The first-order valence-electron chi connectivity index (χ1n) is 11.6. The third-order valence-electron chi connectivity index (χ3n) is 6.85. The summed E-state index contributed by atoms with van der Waals surface area (Å²) in [7, 11) is 1.62. The number of aromatic nitrogens is 1.